The predicted molar refractivity (Wildman–Crippen MR) is 239 cm³/mol. The zero-order valence-electron chi connectivity index (χ0n) is 37.0. The molecule has 0 aromatic carbocycles. The molecule has 0 aromatic heterocycles. The molecule has 1 saturated heterocycles. The second kappa shape index (κ2) is 39.3. The van der Waals surface area contributed by atoms with Gasteiger partial charge < -0.3 is 40.3 Å². The lowest BCUT2D eigenvalue weighted by atomic mass is 9.99. The summed E-state index contributed by atoms with van der Waals surface area (Å²) in [4.78, 5) is 13.0. The Balaban J connectivity index is 2.26. The molecular formula is C49H89NO8. The van der Waals surface area contributed by atoms with Gasteiger partial charge in [0.15, 0.2) is 6.29 Å². The Morgan fingerprint density at radius 2 is 1.07 bits per heavy atom. The van der Waals surface area contributed by atoms with Crippen LogP contribution in [0, 0.1) is 0 Å². The van der Waals surface area contributed by atoms with Crippen LogP contribution in [0.4, 0.5) is 0 Å². The molecule has 58 heavy (non-hydrogen) atoms. The van der Waals surface area contributed by atoms with Crippen LogP contribution < -0.4 is 5.32 Å². The molecule has 1 aliphatic rings. The fourth-order valence-electron chi connectivity index (χ4n) is 7.39. The van der Waals surface area contributed by atoms with Crippen molar-refractivity contribution in [2.24, 2.45) is 0 Å². The summed E-state index contributed by atoms with van der Waals surface area (Å²) in [7, 11) is 0. The van der Waals surface area contributed by atoms with E-state index in [1.165, 1.54) is 103 Å². The Bertz CT molecular complexity index is 1050. The number of aliphatic hydroxyl groups is 5. The third kappa shape index (κ3) is 29.4. The second-order valence-electron chi connectivity index (χ2n) is 16.5. The van der Waals surface area contributed by atoms with Crippen LogP contribution in [0.15, 0.2) is 48.6 Å². The van der Waals surface area contributed by atoms with Gasteiger partial charge in [-0.3, -0.25) is 4.79 Å². The maximum absolute atomic E-state index is 13.0. The normalized spacial score (nSPS) is 21.3. The summed E-state index contributed by atoms with van der Waals surface area (Å²) in [5.74, 6) is -0.151. The molecule has 1 heterocycles. The zero-order valence-corrected chi connectivity index (χ0v) is 37.0. The number of rotatable bonds is 39. The van der Waals surface area contributed by atoms with Gasteiger partial charge in [-0.1, -0.05) is 191 Å². The molecule has 338 valence electrons. The molecule has 1 aliphatic heterocycles. The molecule has 0 spiro atoms. The van der Waals surface area contributed by atoms with E-state index in [0.29, 0.717) is 12.8 Å². The minimum absolute atomic E-state index is 0.141. The molecule has 6 N–H and O–H groups in total. The molecule has 0 aliphatic carbocycles. The number of aliphatic hydroxyl groups excluding tert-OH is 5. The van der Waals surface area contributed by atoms with Crippen molar-refractivity contribution in [3.05, 3.63) is 48.6 Å². The van der Waals surface area contributed by atoms with Crippen LogP contribution in [0.2, 0.25) is 0 Å². The molecule has 0 bridgehead atoms. The quantitative estimate of drug-likeness (QED) is 0.0265. The van der Waals surface area contributed by atoms with Crippen molar-refractivity contribution in [3.63, 3.8) is 0 Å². The van der Waals surface area contributed by atoms with E-state index in [0.717, 1.165) is 70.6 Å². The number of hydrogen-bond donors (Lipinski definition) is 6. The largest absolute Gasteiger partial charge is 0.394 e. The van der Waals surface area contributed by atoms with E-state index in [4.69, 9.17) is 9.47 Å². The molecular weight excluding hydrogens is 731 g/mol. The maximum atomic E-state index is 13.0. The van der Waals surface area contributed by atoms with Crippen molar-refractivity contribution >= 4 is 5.91 Å². The van der Waals surface area contributed by atoms with Gasteiger partial charge in [0.1, 0.15) is 24.4 Å². The van der Waals surface area contributed by atoms with Crippen molar-refractivity contribution in [2.45, 2.75) is 243 Å². The van der Waals surface area contributed by atoms with Crippen molar-refractivity contribution < 1.29 is 39.8 Å². The zero-order chi connectivity index (χ0) is 42.3. The Morgan fingerprint density at radius 1 is 0.603 bits per heavy atom. The number of amides is 1. The topological polar surface area (TPSA) is 149 Å². The van der Waals surface area contributed by atoms with E-state index < -0.39 is 49.5 Å². The highest BCUT2D eigenvalue weighted by atomic mass is 16.7. The predicted octanol–water partition coefficient (Wildman–Crippen LogP) is 10.2. The van der Waals surface area contributed by atoms with Crippen LogP contribution in [0.1, 0.15) is 200 Å². The van der Waals surface area contributed by atoms with Gasteiger partial charge in [-0.15, -0.1) is 0 Å². The van der Waals surface area contributed by atoms with Gasteiger partial charge in [-0.25, -0.2) is 0 Å². The van der Waals surface area contributed by atoms with Crippen LogP contribution in [-0.2, 0) is 14.3 Å². The van der Waals surface area contributed by atoms with Gasteiger partial charge in [0.25, 0.3) is 0 Å². The summed E-state index contributed by atoms with van der Waals surface area (Å²) >= 11 is 0. The standard InChI is InChI=1S/C49H89NO8/c1-3-5-7-9-11-13-15-17-18-19-20-21-22-23-24-25-26-27-29-31-33-35-37-39-45(53)50-42(41-57-49-48(56)47(55)46(54)44(40-51)58-49)43(52)38-36-34-32-30-28-16-14-12-10-8-6-4-2/h5,7,11,13,17-18,20-21,42-44,46-49,51-52,54-56H,3-4,6,8-10,12,14-16,19,22-41H2,1-2H3,(H,50,53)/b7-5-,13-11-,18-17-,21-20-. The fraction of sp³-hybridized carbons (Fsp3) is 0.816. The van der Waals surface area contributed by atoms with Gasteiger partial charge in [0, 0.05) is 6.42 Å². The number of carbonyl (C=O) groups is 1. The van der Waals surface area contributed by atoms with Gasteiger partial charge in [0.05, 0.1) is 25.4 Å². The first-order valence-corrected chi connectivity index (χ1v) is 23.8. The SMILES string of the molecule is CC/C=C\C/C=C\C/C=C\C/C=C\CCCCCCCCCCCCC(=O)NC(COC1OC(CO)C(O)C(O)C1O)C(O)CCCCCCCCCCCCCC. The minimum atomic E-state index is -1.55. The summed E-state index contributed by atoms with van der Waals surface area (Å²) in [6.07, 6.45) is 42.6. The van der Waals surface area contributed by atoms with Crippen molar-refractivity contribution in [1.29, 1.82) is 0 Å². The van der Waals surface area contributed by atoms with Crippen LogP contribution in [0.5, 0.6) is 0 Å². The number of unbranched alkanes of at least 4 members (excludes halogenated alkanes) is 21. The number of carbonyl (C=O) groups excluding carboxylic acids is 1. The lowest BCUT2D eigenvalue weighted by molar-refractivity contribution is -0.302. The van der Waals surface area contributed by atoms with Crippen molar-refractivity contribution in [3.8, 4) is 0 Å². The van der Waals surface area contributed by atoms with E-state index in [1.54, 1.807) is 0 Å². The molecule has 1 amide bonds. The number of allylic oxidation sites excluding steroid dienone is 8. The van der Waals surface area contributed by atoms with Crippen LogP contribution in [-0.4, -0.2) is 87.5 Å². The lowest BCUT2D eigenvalue weighted by Gasteiger charge is -2.40. The number of nitrogens with one attached hydrogen (secondary N) is 1. The van der Waals surface area contributed by atoms with Gasteiger partial charge >= 0.3 is 0 Å². The molecule has 1 rings (SSSR count). The van der Waals surface area contributed by atoms with Gasteiger partial charge in [0.2, 0.25) is 5.91 Å². The Morgan fingerprint density at radius 3 is 1.59 bits per heavy atom. The Labute approximate surface area is 354 Å². The number of hydrogen-bond acceptors (Lipinski definition) is 8. The molecule has 0 radical (unpaired) electrons. The minimum Gasteiger partial charge on any atom is -0.394 e. The van der Waals surface area contributed by atoms with Crippen molar-refractivity contribution in [2.75, 3.05) is 13.2 Å². The van der Waals surface area contributed by atoms with Crippen molar-refractivity contribution in [1.82, 2.24) is 5.32 Å². The monoisotopic (exact) mass is 820 g/mol. The summed E-state index contributed by atoms with van der Waals surface area (Å²) in [6.45, 7) is 3.71. The highest BCUT2D eigenvalue weighted by Gasteiger charge is 2.44. The van der Waals surface area contributed by atoms with Gasteiger partial charge in [-0.2, -0.15) is 0 Å². The third-order valence-electron chi connectivity index (χ3n) is 11.2. The average Bonchev–Trinajstić information content (AvgIpc) is 3.22. The van der Waals surface area contributed by atoms with E-state index >= 15 is 0 Å². The van der Waals surface area contributed by atoms with E-state index in [1.807, 2.05) is 0 Å². The number of ether oxygens (including phenoxy) is 2. The molecule has 1 fully saturated rings. The summed E-state index contributed by atoms with van der Waals surface area (Å²) < 4.78 is 11.3. The summed E-state index contributed by atoms with van der Waals surface area (Å²) in [5, 5.41) is 54.3. The molecule has 0 saturated carbocycles. The fourth-order valence-corrected chi connectivity index (χ4v) is 7.39. The molecule has 9 heteroatoms. The lowest BCUT2D eigenvalue weighted by Crippen LogP contribution is -2.60. The van der Waals surface area contributed by atoms with E-state index in [9.17, 15) is 30.3 Å². The van der Waals surface area contributed by atoms with Crippen LogP contribution >= 0.6 is 0 Å². The third-order valence-corrected chi connectivity index (χ3v) is 11.2. The van der Waals surface area contributed by atoms with E-state index in [-0.39, 0.29) is 12.5 Å². The van der Waals surface area contributed by atoms with E-state index in [2.05, 4.69) is 67.8 Å². The summed E-state index contributed by atoms with van der Waals surface area (Å²) in [5.41, 5.74) is 0. The highest BCUT2D eigenvalue weighted by molar-refractivity contribution is 5.76. The highest BCUT2D eigenvalue weighted by Crippen LogP contribution is 2.23. The van der Waals surface area contributed by atoms with Crippen LogP contribution in [0.3, 0.4) is 0 Å². The molecule has 7 unspecified atom stereocenters. The van der Waals surface area contributed by atoms with Gasteiger partial charge in [-0.05, 0) is 51.4 Å². The first kappa shape index (κ1) is 54.2. The first-order chi connectivity index (χ1) is 28.3. The second-order valence-corrected chi connectivity index (χ2v) is 16.5. The Hall–Kier alpha value is -1.85. The smallest absolute Gasteiger partial charge is 0.220 e. The Kier molecular flexibility index (Phi) is 36.7. The molecule has 0 aromatic rings. The average molecular weight is 820 g/mol. The maximum Gasteiger partial charge on any atom is 0.220 e. The molecule has 7 atom stereocenters. The summed E-state index contributed by atoms with van der Waals surface area (Å²) in [6, 6.07) is -0.721. The van der Waals surface area contributed by atoms with Crippen LogP contribution in [0.25, 0.3) is 0 Å². The first-order valence-electron chi connectivity index (χ1n) is 23.8. The molecule has 9 nitrogen and oxygen atoms in total.